The van der Waals surface area contributed by atoms with Crippen LogP contribution in [-0.4, -0.2) is 52.5 Å². The van der Waals surface area contributed by atoms with Gasteiger partial charge in [0.25, 0.3) is 5.89 Å². The van der Waals surface area contributed by atoms with Gasteiger partial charge in [-0.1, -0.05) is 28.6 Å². The number of hydrogen-bond donors (Lipinski definition) is 4. The van der Waals surface area contributed by atoms with E-state index < -0.39 is 5.97 Å². The normalized spacial score (nSPS) is 10.8. The molecule has 0 amide bonds. The van der Waals surface area contributed by atoms with Gasteiger partial charge in [-0.2, -0.15) is 4.98 Å². The van der Waals surface area contributed by atoms with Crippen LogP contribution < -0.4 is 30.6 Å². The van der Waals surface area contributed by atoms with Gasteiger partial charge in [0.15, 0.2) is 16.6 Å². The first-order chi connectivity index (χ1) is 19.3. The molecule has 0 spiro atoms. The highest BCUT2D eigenvalue weighted by Gasteiger charge is 2.20. The number of rotatable bonds is 10. The van der Waals surface area contributed by atoms with Gasteiger partial charge >= 0.3 is 5.97 Å². The number of aryl methyl sites for hydroxylation is 1. The molecule has 3 aromatic heterocycles. The predicted molar refractivity (Wildman–Crippen MR) is 152 cm³/mol. The second-order valence-corrected chi connectivity index (χ2v) is 10.3. The summed E-state index contributed by atoms with van der Waals surface area (Å²) >= 11 is 2.34. The Balaban J connectivity index is 1.36. The Hall–Kier alpha value is -4.89. The molecule has 0 unspecified atom stereocenters. The van der Waals surface area contributed by atoms with E-state index in [0.29, 0.717) is 55.8 Å². The second kappa shape index (κ2) is 11.1. The Morgan fingerprint density at radius 1 is 0.975 bits per heavy atom. The van der Waals surface area contributed by atoms with Gasteiger partial charge in [-0.15, -0.1) is 11.3 Å². The Labute approximate surface area is 235 Å². The fourth-order valence-electron chi connectivity index (χ4n) is 3.72. The van der Waals surface area contributed by atoms with Gasteiger partial charge in [-0.3, -0.25) is 0 Å². The third kappa shape index (κ3) is 5.32. The summed E-state index contributed by atoms with van der Waals surface area (Å²) in [6.45, 7) is 1.80. The maximum absolute atomic E-state index is 11.2. The third-order valence-corrected chi connectivity index (χ3v) is 7.49. The number of carboxylic acid groups (broad SMARTS) is 1. The molecule has 15 heteroatoms. The zero-order valence-corrected chi connectivity index (χ0v) is 23.3. The summed E-state index contributed by atoms with van der Waals surface area (Å²) in [7, 11) is 4.61. The number of nitrogens with zero attached hydrogens (tertiary/aromatic N) is 4. The number of anilines is 5. The lowest BCUT2D eigenvalue weighted by atomic mass is 10.2. The fraction of sp³-hybridized carbons (Fsp3) is 0.160. The summed E-state index contributed by atoms with van der Waals surface area (Å²) in [6.07, 6.45) is 0. The molecule has 0 bridgehead atoms. The van der Waals surface area contributed by atoms with Gasteiger partial charge < -0.3 is 40.2 Å². The molecule has 206 valence electrons. The van der Waals surface area contributed by atoms with Gasteiger partial charge in [-0.05, 0) is 19.1 Å². The van der Waals surface area contributed by atoms with Crippen LogP contribution in [0.2, 0.25) is 0 Å². The molecule has 5 N–H and O–H groups in total. The minimum atomic E-state index is -1.07. The van der Waals surface area contributed by atoms with Crippen LogP contribution in [0.5, 0.6) is 17.2 Å². The van der Waals surface area contributed by atoms with E-state index in [-0.39, 0.29) is 16.7 Å². The van der Waals surface area contributed by atoms with Crippen molar-refractivity contribution in [2.24, 2.45) is 0 Å². The van der Waals surface area contributed by atoms with Crippen molar-refractivity contribution in [2.45, 2.75) is 6.92 Å². The number of nitrogens with one attached hydrogen (secondary N) is 2. The number of aromatic carboxylic acids is 1. The maximum atomic E-state index is 11.2. The molecule has 0 aliphatic heterocycles. The number of benzene rings is 2. The van der Waals surface area contributed by atoms with Crippen molar-refractivity contribution in [3.63, 3.8) is 0 Å². The molecule has 40 heavy (non-hydrogen) atoms. The Bertz CT molecular complexity index is 1670. The summed E-state index contributed by atoms with van der Waals surface area (Å²) in [6, 6.07) is 10.8. The van der Waals surface area contributed by atoms with E-state index in [0.717, 1.165) is 16.2 Å². The standard InChI is InChI=1S/C25H23N7O6S2/c1-11-20(31-23(39-11)24(33)34)27-13-7-5-6-12(8-13)21-30-22(38-32-21)18-19(26)29-25(40-18)28-14-9-15(35-2)17(37-4)16(10-14)36-3/h5-10,27H,26H2,1-4H3,(H,28,29)(H,33,34). The number of methoxy groups -OCH3 is 3. The lowest BCUT2D eigenvalue weighted by Crippen LogP contribution is -1.97. The zero-order valence-electron chi connectivity index (χ0n) is 21.6. The first kappa shape index (κ1) is 26.7. The van der Waals surface area contributed by atoms with Crippen LogP contribution in [0.15, 0.2) is 40.9 Å². The Morgan fingerprint density at radius 2 is 1.73 bits per heavy atom. The average Bonchev–Trinajstić information content (AvgIpc) is 3.67. The van der Waals surface area contributed by atoms with Crippen LogP contribution in [0.3, 0.4) is 0 Å². The van der Waals surface area contributed by atoms with E-state index in [1.807, 2.05) is 18.2 Å². The van der Waals surface area contributed by atoms with Crippen molar-refractivity contribution in [1.29, 1.82) is 0 Å². The minimum Gasteiger partial charge on any atom is -0.493 e. The van der Waals surface area contributed by atoms with Crippen molar-refractivity contribution in [3.05, 3.63) is 46.3 Å². The van der Waals surface area contributed by atoms with Gasteiger partial charge in [0.05, 0.1) is 21.3 Å². The van der Waals surface area contributed by atoms with Gasteiger partial charge in [-0.25, -0.2) is 14.8 Å². The highest BCUT2D eigenvalue weighted by Crippen LogP contribution is 2.42. The Morgan fingerprint density at radius 3 is 2.38 bits per heavy atom. The third-order valence-electron chi connectivity index (χ3n) is 5.55. The molecule has 5 aromatic rings. The number of nitrogen functional groups attached to an aromatic ring is 1. The molecule has 3 heterocycles. The summed E-state index contributed by atoms with van der Waals surface area (Å²) in [5.74, 6) is 1.61. The van der Waals surface area contributed by atoms with E-state index in [1.165, 1.54) is 32.7 Å². The van der Waals surface area contributed by atoms with Gasteiger partial charge in [0.1, 0.15) is 16.5 Å². The van der Waals surface area contributed by atoms with Gasteiger partial charge in [0.2, 0.25) is 16.6 Å². The number of nitrogens with two attached hydrogens (primary N) is 1. The molecule has 0 fully saturated rings. The molecule has 0 atom stereocenters. The molecule has 0 aliphatic carbocycles. The molecular formula is C25H23N7O6S2. The molecule has 13 nitrogen and oxygen atoms in total. The van der Waals surface area contributed by atoms with Crippen molar-refractivity contribution in [2.75, 3.05) is 37.7 Å². The number of thiazole rings is 2. The largest absolute Gasteiger partial charge is 0.493 e. The molecule has 2 aromatic carbocycles. The van der Waals surface area contributed by atoms with E-state index >= 15 is 0 Å². The van der Waals surface area contributed by atoms with Crippen molar-refractivity contribution in [3.8, 4) is 39.4 Å². The molecule has 0 saturated heterocycles. The van der Waals surface area contributed by atoms with Crippen molar-refractivity contribution >= 4 is 56.8 Å². The maximum Gasteiger partial charge on any atom is 0.365 e. The predicted octanol–water partition coefficient (Wildman–Crippen LogP) is 5.42. The van der Waals surface area contributed by atoms with Crippen LogP contribution in [0.1, 0.15) is 14.7 Å². The quantitative estimate of drug-likeness (QED) is 0.164. The highest BCUT2D eigenvalue weighted by atomic mass is 32.1. The number of ether oxygens (including phenoxy) is 3. The number of carbonyl (C=O) groups is 1. The summed E-state index contributed by atoms with van der Waals surface area (Å²) < 4.78 is 21.7. The first-order valence-corrected chi connectivity index (χ1v) is 13.2. The van der Waals surface area contributed by atoms with E-state index in [9.17, 15) is 9.90 Å². The summed E-state index contributed by atoms with van der Waals surface area (Å²) in [4.78, 5) is 25.5. The zero-order chi connectivity index (χ0) is 28.4. The fourth-order valence-corrected chi connectivity index (χ4v) is 5.26. The van der Waals surface area contributed by atoms with Crippen LogP contribution in [0.4, 0.5) is 28.1 Å². The molecule has 0 aliphatic rings. The molecular weight excluding hydrogens is 558 g/mol. The number of hydrogen-bond acceptors (Lipinski definition) is 14. The number of carboxylic acids is 1. The van der Waals surface area contributed by atoms with Crippen LogP contribution in [0.25, 0.3) is 22.2 Å². The molecule has 0 radical (unpaired) electrons. The van der Waals surface area contributed by atoms with Crippen LogP contribution >= 0.6 is 22.7 Å². The van der Waals surface area contributed by atoms with Crippen molar-refractivity contribution in [1.82, 2.24) is 20.1 Å². The SMILES string of the molecule is COc1cc(Nc2nc(N)c(-c3nc(-c4cccc(Nc5nc(C(=O)O)sc5C)c4)no3)s2)cc(OC)c1OC. The summed E-state index contributed by atoms with van der Waals surface area (Å²) in [5.41, 5.74) is 8.19. The highest BCUT2D eigenvalue weighted by molar-refractivity contribution is 7.19. The van der Waals surface area contributed by atoms with E-state index in [2.05, 4.69) is 30.7 Å². The summed E-state index contributed by atoms with van der Waals surface area (Å²) in [5, 5.41) is 20.1. The molecule has 0 saturated carbocycles. The Kier molecular flexibility index (Phi) is 7.39. The van der Waals surface area contributed by atoms with E-state index in [1.54, 1.807) is 25.1 Å². The first-order valence-electron chi connectivity index (χ1n) is 11.5. The average molecular weight is 582 g/mol. The topological polar surface area (TPSA) is 180 Å². The lowest BCUT2D eigenvalue weighted by Gasteiger charge is -2.14. The second-order valence-electron chi connectivity index (χ2n) is 8.13. The van der Waals surface area contributed by atoms with Crippen LogP contribution in [0, 0.1) is 6.92 Å². The minimum absolute atomic E-state index is 0.0141. The lowest BCUT2D eigenvalue weighted by molar-refractivity contribution is 0.0696. The van der Waals surface area contributed by atoms with Crippen LogP contribution in [-0.2, 0) is 0 Å². The van der Waals surface area contributed by atoms with Crippen molar-refractivity contribution < 1.29 is 28.6 Å². The number of aromatic nitrogens is 4. The monoisotopic (exact) mass is 581 g/mol. The smallest absolute Gasteiger partial charge is 0.365 e. The molecule has 5 rings (SSSR count). The van der Waals surface area contributed by atoms with E-state index in [4.69, 9.17) is 24.5 Å². The van der Waals surface area contributed by atoms with Gasteiger partial charge in [0, 0.05) is 33.9 Å².